The minimum absolute atomic E-state index is 0.171. The van der Waals surface area contributed by atoms with Gasteiger partial charge in [0.2, 0.25) is 0 Å². The molecule has 0 spiro atoms. The number of aromatic nitrogens is 3. The van der Waals surface area contributed by atoms with Crippen LogP contribution in [0.2, 0.25) is 0 Å². The molecule has 2 aromatic heterocycles. The van der Waals surface area contributed by atoms with Crippen molar-refractivity contribution in [2.24, 2.45) is 0 Å². The fraction of sp³-hybridized carbons (Fsp3) is 0.444. The lowest BCUT2D eigenvalue weighted by Gasteiger charge is -2.28. The molecule has 3 heterocycles. The topological polar surface area (TPSA) is 83.0 Å². The Bertz CT molecular complexity index is 700. The van der Waals surface area contributed by atoms with Gasteiger partial charge in [0, 0.05) is 38.4 Å². The molecule has 0 radical (unpaired) electrons. The van der Waals surface area contributed by atoms with Crippen molar-refractivity contribution < 1.29 is 4.79 Å². The second kappa shape index (κ2) is 8.41. The zero-order chi connectivity index (χ0) is 17.5. The number of carbonyl (C=O) groups excluding carboxylic acids is 1. The van der Waals surface area contributed by atoms with Crippen LogP contribution in [0.15, 0.2) is 30.5 Å². The first kappa shape index (κ1) is 17.1. The Kier molecular flexibility index (Phi) is 5.77. The summed E-state index contributed by atoms with van der Waals surface area (Å²) in [7, 11) is 0. The second-order valence-corrected chi connectivity index (χ2v) is 6.10. The first-order valence-electron chi connectivity index (χ1n) is 8.76. The van der Waals surface area contributed by atoms with Crippen LogP contribution in [0.3, 0.4) is 0 Å². The van der Waals surface area contributed by atoms with E-state index in [0.29, 0.717) is 18.8 Å². The van der Waals surface area contributed by atoms with Crippen LogP contribution in [-0.4, -0.2) is 47.0 Å². The Morgan fingerprint density at radius 3 is 2.76 bits per heavy atom. The summed E-state index contributed by atoms with van der Waals surface area (Å²) in [5, 5.41) is 6.10. The number of nitrogens with one attached hydrogen (secondary N) is 2. The Hall–Kier alpha value is -2.70. The van der Waals surface area contributed by atoms with Gasteiger partial charge in [-0.2, -0.15) is 0 Å². The second-order valence-electron chi connectivity index (χ2n) is 6.10. The lowest BCUT2D eigenvalue weighted by molar-refractivity contribution is 0.0950. The van der Waals surface area contributed by atoms with Crippen LogP contribution in [0.25, 0.3) is 0 Å². The third-order valence-corrected chi connectivity index (χ3v) is 4.12. The molecule has 1 saturated heterocycles. The molecule has 7 nitrogen and oxygen atoms in total. The van der Waals surface area contributed by atoms with Crippen molar-refractivity contribution in [1.82, 2.24) is 20.3 Å². The number of pyridine rings is 1. The molecule has 1 aliphatic heterocycles. The number of rotatable bonds is 6. The smallest absolute Gasteiger partial charge is 0.269 e. The fourth-order valence-corrected chi connectivity index (χ4v) is 2.88. The molecular formula is C18H24N6O. The summed E-state index contributed by atoms with van der Waals surface area (Å²) in [6, 6.07) is 7.27. The van der Waals surface area contributed by atoms with E-state index in [0.717, 1.165) is 30.5 Å². The molecule has 2 N–H and O–H groups in total. The zero-order valence-corrected chi connectivity index (χ0v) is 14.5. The van der Waals surface area contributed by atoms with E-state index in [1.807, 2.05) is 13.0 Å². The molecular weight excluding hydrogens is 316 g/mol. The molecule has 0 atom stereocenters. The van der Waals surface area contributed by atoms with E-state index in [1.54, 1.807) is 24.4 Å². The lowest BCUT2D eigenvalue weighted by atomic mass is 10.1. The molecule has 2 aromatic rings. The standard InChI is InChI=1S/C18H24N6O/c1-14-22-16(13-17(23-14)24-11-5-2-6-12-24)20-9-10-21-18(25)15-7-3-4-8-19-15/h3-4,7-8,13H,2,5-6,9-12H2,1H3,(H,21,25)(H,20,22,23). The summed E-state index contributed by atoms with van der Waals surface area (Å²) in [5.41, 5.74) is 0.424. The van der Waals surface area contributed by atoms with E-state index < -0.39 is 0 Å². The van der Waals surface area contributed by atoms with Crippen LogP contribution < -0.4 is 15.5 Å². The van der Waals surface area contributed by atoms with Gasteiger partial charge in [0.25, 0.3) is 5.91 Å². The predicted molar refractivity (Wildman–Crippen MR) is 97.9 cm³/mol. The highest BCUT2D eigenvalue weighted by Crippen LogP contribution is 2.20. The highest BCUT2D eigenvalue weighted by atomic mass is 16.1. The molecule has 3 rings (SSSR count). The van der Waals surface area contributed by atoms with Crippen LogP contribution in [-0.2, 0) is 0 Å². The number of anilines is 2. The summed E-state index contributed by atoms with van der Waals surface area (Å²) in [6.07, 6.45) is 5.33. The monoisotopic (exact) mass is 340 g/mol. The molecule has 25 heavy (non-hydrogen) atoms. The summed E-state index contributed by atoms with van der Waals surface area (Å²) in [5.74, 6) is 2.35. The Morgan fingerprint density at radius 1 is 1.16 bits per heavy atom. The average molecular weight is 340 g/mol. The van der Waals surface area contributed by atoms with Gasteiger partial charge in [0.05, 0.1) is 0 Å². The minimum atomic E-state index is -0.171. The summed E-state index contributed by atoms with van der Waals surface area (Å²) < 4.78 is 0. The zero-order valence-electron chi connectivity index (χ0n) is 14.5. The number of aryl methyl sites for hydroxylation is 1. The number of amides is 1. The minimum Gasteiger partial charge on any atom is -0.368 e. The normalized spacial score (nSPS) is 14.2. The number of carbonyl (C=O) groups is 1. The maximum atomic E-state index is 11.9. The van der Waals surface area contributed by atoms with Crippen LogP contribution in [0.4, 0.5) is 11.6 Å². The molecule has 0 saturated carbocycles. The molecule has 7 heteroatoms. The fourth-order valence-electron chi connectivity index (χ4n) is 2.88. The van der Waals surface area contributed by atoms with Crippen LogP contribution >= 0.6 is 0 Å². The first-order chi connectivity index (χ1) is 12.2. The van der Waals surface area contributed by atoms with Gasteiger partial charge in [0.15, 0.2) is 0 Å². The van der Waals surface area contributed by atoms with Gasteiger partial charge in [-0.15, -0.1) is 0 Å². The Balaban J connectivity index is 1.51. The van der Waals surface area contributed by atoms with Gasteiger partial charge in [-0.05, 0) is 38.3 Å². The van der Waals surface area contributed by atoms with E-state index in [9.17, 15) is 4.79 Å². The van der Waals surface area contributed by atoms with Crippen molar-refractivity contribution in [1.29, 1.82) is 0 Å². The Morgan fingerprint density at radius 2 is 2.00 bits per heavy atom. The van der Waals surface area contributed by atoms with Gasteiger partial charge >= 0.3 is 0 Å². The number of hydrogen-bond acceptors (Lipinski definition) is 6. The highest BCUT2D eigenvalue weighted by molar-refractivity contribution is 5.92. The van der Waals surface area contributed by atoms with Crippen molar-refractivity contribution in [3.05, 3.63) is 42.0 Å². The number of nitrogens with zero attached hydrogens (tertiary/aromatic N) is 4. The van der Waals surface area contributed by atoms with Crippen molar-refractivity contribution in [2.45, 2.75) is 26.2 Å². The maximum absolute atomic E-state index is 11.9. The van der Waals surface area contributed by atoms with Crippen LogP contribution in [0.5, 0.6) is 0 Å². The molecule has 132 valence electrons. The molecule has 1 fully saturated rings. The molecule has 0 aromatic carbocycles. The van der Waals surface area contributed by atoms with Crippen molar-refractivity contribution >= 4 is 17.5 Å². The number of piperidine rings is 1. The van der Waals surface area contributed by atoms with E-state index in [1.165, 1.54) is 19.3 Å². The summed E-state index contributed by atoms with van der Waals surface area (Å²) >= 11 is 0. The summed E-state index contributed by atoms with van der Waals surface area (Å²) in [6.45, 7) is 5.10. The number of hydrogen-bond donors (Lipinski definition) is 2. The quantitative estimate of drug-likeness (QED) is 0.783. The van der Waals surface area contributed by atoms with Crippen LogP contribution in [0.1, 0.15) is 35.6 Å². The van der Waals surface area contributed by atoms with Gasteiger partial charge < -0.3 is 15.5 Å². The van der Waals surface area contributed by atoms with Gasteiger partial charge in [-0.1, -0.05) is 6.07 Å². The SMILES string of the molecule is Cc1nc(NCCNC(=O)c2ccccn2)cc(N2CCCCC2)n1. The summed E-state index contributed by atoms with van der Waals surface area (Å²) in [4.78, 5) is 27.3. The predicted octanol–water partition coefficient (Wildman–Crippen LogP) is 2.01. The van der Waals surface area contributed by atoms with E-state index in [2.05, 4.69) is 30.5 Å². The highest BCUT2D eigenvalue weighted by Gasteiger charge is 2.13. The maximum Gasteiger partial charge on any atom is 0.269 e. The van der Waals surface area contributed by atoms with E-state index in [-0.39, 0.29) is 5.91 Å². The molecule has 1 aliphatic rings. The van der Waals surface area contributed by atoms with Crippen molar-refractivity contribution in [3.63, 3.8) is 0 Å². The van der Waals surface area contributed by atoms with E-state index >= 15 is 0 Å². The third-order valence-electron chi connectivity index (χ3n) is 4.12. The first-order valence-corrected chi connectivity index (χ1v) is 8.76. The third kappa shape index (κ3) is 4.89. The van der Waals surface area contributed by atoms with Gasteiger partial charge in [-0.25, -0.2) is 9.97 Å². The lowest BCUT2D eigenvalue weighted by Crippen LogP contribution is -2.31. The molecule has 0 unspecified atom stereocenters. The molecule has 0 bridgehead atoms. The Labute approximate surface area is 147 Å². The van der Waals surface area contributed by atoms with Crippen molar-refractivity contribution in [3.8, 4) is 0 Å². The van der Waals surface area contributed by atoms with Gasteiger partial charge in [0.1, 0.15) is 23.2 Å². The molecule has 0 aliphatic carbocycles. The largest absolute Gasteiger partial charge is 0.368 e. The van der Waals surface area contributed by atoms with Gasteiger partial charge in [-0.3, -0.25) is 9.78 Å². The van der Waals surface area contributed by atoms with E-state index in [4.69, 9.17) is 0 Å². The average Bonchev–Trinajstić information content (AvgIpc) is 2.66. The van der Waals surface area contributed by atoms with Crippen molar-refractivity contribution in [2.75, 3.05) is 36.4 Å². The van der Waals surface area contributed by atoms with Crippen LogP contribution in [0, 0.1) is 6.92 Å². The molecule has 1 amide bonds.